The highest BCUT2D eigenvalue weighted by atomic mass is 35.5. The summed E-state index contributed by atoms with van der Waals surface area (Å²) < 4.78 is 17.0. The van der Waals surface area contributed by atoms with Crippen molar-refractivity contribution < 1.29 is 14.2 Å². The van der Waals surface area contributed by atoms with E-state index in [9.17, 15) is 0 Å². The molecule has 0 aromatic heterocycles. The van der Waals surface area contributed by atoms with E-state index < -0.39 is 0 Å². The van der Waals surface area contributed by atoms with Crippen molar-refractivity contribution >= 4 is 34.0 Å². The van der Waals surface area contributed by atoms with Gasteiger partial charge in [-0.15, -0.1) is 0 Å². The summed E-state index contributed by atoms with van der Waals surface area (Å²) in [6.45, 7) is 1.09. The summed E-state index contributed by atoms with van der Waals surface area (Å²) in [5.74, 6) is 1.57. The molecule has 1 aliphatic heterocycles. The summed E-state index contributed by atoms with van der Waals surface area (Å²) in [5, 5.41) is 3.29. The van der Waals surface area contributed by atoms with Crippen molar-refractivity contribution in [1.29, 1.82) is 0 Å². The van der Waals surface area contributed by atoms with E-state index >= 15 is 0 Å². The molecule has 1 heterocycles. The van der Waals surface area contributed by atoms with Gasteiger partial charge < -0.3 is 14.2 Å². The van der Waals surface area contributed by atoms with Gasteiger partial charge >= 0.3 is 0 Å². The second-order valence-electron chi connectivity index (χ2n) is 5.54. The van der Waals surface area contributed by atoms with E-state index in [1.807, 2.05) is 48.5 Å². The van der Waals surface area contributed by atoms with Crippen molar-refractivity contribution in [1.82, 2.24) is 0 Å². The molecule has 0 aliphatic carbocycles. The smallest absolute Gasteiger partial charge is 0.189 e. The number of hydrogen-bond donors (Lipinski definition) is 0. The average Bonchev–Trinajstić information content (AvgIpc) is 2.61. The molecule has 0 spiro atoms. The number of ether oxygens (including phenoxy) is 3. The third kappa shape index (κ3) is 2.91. The van der Waals surface area contributed by atoms with Crippen LogP contribution in [0.1, 0.15) is 11.1 Å². The zero-order valence-electron chi connectivity index (χ0n) is 12.7. The Balaban J connectivity index is 1.67. The molecule has 3 aromatic rings. The molecule has 4 rings (SSSR count). The molecule has 5 heteroatoms. The monoisotopic (exact) mass is 360 g/mol. The molecule has 1 aliphatic rings. The molecule has 0 saturated carbocycles. The van der Waals surface area contributed by atoms with Crippen LogP contribution in [0.3, 0.4) is 0 Å². The lowest BCUT2D eigenvalue weighted by Gasteiger charge is -2.21. The lowest BCUT2D eigenvalue weighted by molar-refractivity contribution is -0.0175. The Morgan fingerprint density at radius 3 is 2.71 bits per heavy atom. The summed E-state index contributed by atoms with van der Waals surface area (Å²) in [6, 6.07) is 15.3. The summed E-state index contributed by atoms with van der Waals surface area (Å²) in [4.78, 5) is 0. The normalized spacial score (nSPS) is 13.4. The highest BCUT2D eigenvalue weighted by Gasteiger charge is 2.17. The Bertz CT molecular complexity index is 908. The molecule has 3 aromatic carbocycles. The maximum Gasteiger partial charge on any atom is 0.189 e. The highest BCUT2D eigenvalue weighted by Crippen LogP contribution is 2.35. The minimum Gasteiger partial charge on any atom is -0.488 e. The van der Waals surface area contributed by atoms with Crippen molar-refractivity contribution in [2.45, 2.75) is 13.2 Å². The Kier molecular flexibility index (Phi) is 4.23. The van der Waals surface area contributed by atoms with Gasteiger partial charge in [-0.05, 0) is 24.3 Å². The van der Waals surface area contributed by atoms with Gasteiger partial charge in [-0.1, -0.05) is 47.5 Å². The number of rotatable bonds is 3. The van der Waals surface area contributed by atoms with E-state index in [1.54, 1.807) is 0 Å². The fraction of sp³-hybridized carbons (Fsp3) is 0.158. The molecule has 0 fully saturated rings. The van der Waals surface area contributed by atoms with Crippen molar-refractivity contribution in [2.75, 3.05) is 6.79 Å². The number of hydrogen-bond acceptors (Lipinski definition) is 3. The first-order chi connectivity index (χ1) is 11.7. The Labute approximate surface area is 149 Å². The van der Waals surface area contributed by atoms with E-state index in [2.05, 4.69) is 0 Å². The summed E-state index contributed by atoms with van der Waals surface area (Å²) in [5.41, 5.74) is 1.84. The second kappa shape index (κ2) is 6.52. The maximum atomic E-state index is 6.25. The van der Waals surface area contributed by atoms with Gasteiger partial charge in [0.05, 0.1) is 6.61 Å². The standard InChI is InChI=1S/C19H14Cl2O3/c20-14-7-12-9-22-11-24-19(12)13(8-14)10-23-18-6-5-17(21)15-3-1-2-4-16(15)18/h1-8H,9-11H2. The van der Waals surface area contributed by atoms with Gasteiger partial charge in [0.15, 0.2) is 6.79 Å². The Morgan fingerprint density at radius 1 is 1.00 bits per heavy atom. The van der Waals surface area contributed by atoms with Crippen LogP contribution in [0.5, 0.6) is 11.5 Å². The van der Waals surface area contributed by atoms with Gasteiger partial charge in [0.2, 0.25) is 0 Å². The lowest BCUT2D eigenvalue weighted by atomic mass is 10.1. The third-order valence-corrected chi connectivity index (χ3v) is 4.51. The number of halogens is 2. The zero-order chi connectivity index (χ0) is 16.5. The van der Waals surface area contributed by atoms with E-state index in [4.69, 9.17) is 37.4 Å². The topological polar surface area (TPSA) is 27.7 Å². The molecular formula is C19H14Cl2O3. The summed E-state index contributed by atoms with van der Waals surface area (Å²) in [7, 11) is 0. The first-order valence-electron chi connectivity index (χ1n) is 7.54. The molecule has 0 saturated heterocycles. The van der Waals surface area contributed by atoms with Crippen LogP contribution < -0.4 is 9.47 Å². The maximum absolute atomic E-state index is 6.25. The molecule has 0 atom stereocenters. The lowest BCUT2D eigenvalue weighted by Crippen LogP contribution is -2.14. The molecule has 24 heavy (non-hydrogen) atoms. The Morgan fingerprint density at radius 2 is 1.83 bits per heavy atom. The van der Waals surface area contributed by atoms with Gasteiger partial charge in [-0.3, -0.25) is 0 Å². The van der Waals surface area contributed by atoms with Crippen LogP contribution in [0.15, 0.2) is 48.5 Å². The molecule has 0 radical (unpaired) electrons. The molecule has 0 N–H and O–H groups in total. The van der Waals surface area contributed by atoms with E-state index in [1.165, 1.54) is 0 Å². The minimum absolute atomic E-state index is 0.242. The average molecular weight is 361 g/mol. The SMILES string of the molecule is Clc1cc2c(c(COc3ccc(Cl)c4ccccc34)c1)OCOC2. The molecular weight excluding hydrogens is 347 g/mol. The zero-order valence-corrected chi connectivity index (χ0v) is 14.2. The van der Waals surface area contributed by atoms with E-state index in [-0.39, 0.29) is 6.79 Å². The second-order valence-corrected chi connectivity index (χ2v) is 6.39. The molecule has 122 valence electrons. The van der Waals surface area contributed by atoms with Gasteiger partial charge in [0, 0.05) is 31.9 Å². The summed E-state index contributed by atoms with van der Waals surface area (Å²) >= 11 is 12.5. The van der Waals surface area contributed by atoms with Gasteiger partial charge in [-0.25, -0.2) is 0 Å². The van der Waals surface area contributed by atoms with Crippen molar-refractivity contribution in [3.8, 4) is 11.5 Å². The van der Waals surface area contributed by atoms with E-state index in [0.29, 0.717) is 23.3 Å². The van der Waals surface area contributed by atoms with Crippen molar-refractivity contribution in [3.05, 3.63) is 69.7 Å². The minimum atomic E-state index is 0.242. The fourth-order valence-electron chi connectivity index (χ4n) is 2.88. The van der Waals surface area contributed by atoms with Crippen LogP contribution in [0, 0.1) is 0 Å². The predicted octanol–water partition coefficient (Wildman–Crippen LogP) is 5.59. The van der Waals surface area contributed by atoms with E-state index in [0.717, 1.165) is 33.4 Å². The number of benzene rings is 3. The Hall–Kier alpha value is -1.94. The largest absolute Gasteiger partial charge is 0.488 e. The van der Waals surface area contributed by atoms with Crippen molar-refractivity contribution in [3.63, 3.8) is 0 Å². The predicted molar refractivity (Wildman–Crippen MR) is 95.0 cm³/mol. The van der Waals surface area contributed by atoms with Crippen molar-refractivity contribution in [2.24, 2.45) is 0 Å². The van der Waals surface area contributed by atoms with Crippen LogP contribution in [0.25, 0.3) is 10.8 Å². The van der Waals surface area contributed by atoms with Crippen LogP contribution in [-0.4, -0.2) is 6.79 Å². The van der Waals surface area contributed by atoms with Gasteiger partial charge in [-0.2, -0.15) is 0 Å². The molecule has 0 amide bonds. The van der Waals surface area contributed by atoms with Crippen LogP contribution in [0.2, 0.25) is 10.0 Å². The first-order valence-corrected chi connectivity index (χ1v) is 8.30. The molecule has 0 unspecified atom stereocenters. The van der Waals surface area contributed by atoms with Gasteiger partial charge in [0.25, 0.3) is 0 Å². The van der Waals surface area contributed by atoms with Crippen LogP contribution in [-0.2, 0) is 18.0 Å². The quantitative estimate of drug-likeness (QED) is 0.608. The fourth-order valence-corrected chi connectivity index (χ4v) is 3.37. The molecule has 3 nitrogen and oxygen atoms in total. The molecule has 0 bridgehead atoms. The third-order valence-electron chi connectivity index (χ3n) is 3.97. The number of fused-ring (bicyclic) bond motifs is 2. The highest BCUT2D eigenvalue weighted by molar-refractivity contribution is 6.35. The van der Waals surface area contributed by atoms with Crippen LogP contribution in [0.4, 0.5) is 0 Å². The summed E-state index contributed by atoms with van der Waals surface area (Å²) in [6.07, 6.45) is 0. The van der Waals surface area contributed by atoms with Gasteiger partial charge in [0.1, 0.15) is 18.1 Å². The first kappa shape index (κ1) is 15.6. The van der Waals surface area contributed by atoms with Crippen LogP contribution >= 0.6 is 23.2 Å².